The van der Waals surface area contributed by atoms with Crippen molar-refractivity contribution in [3.8, 4) is 0 Å². The first-order chi connectivity index (χ1) is 39.5. The molecule has 10 N–H and O–H groups in total. The maximum Gasteiger partial charge on any atom is 0.412 e. The summed E-state index contributed by atoms with van der Waals surface area (Å²) in [4.78, 5) is 148. The Hall–Kier alpha value is -9.79. The molecule has 0 saturated carbocycles. The highest BCUT2D eigenvalue weighted by Crippen LogP contribution is 2.18. The molecule has 85 heavy (non-hydrogen) atoms. The van der Waals surface area contributed by atoms with E-state index in [4.69, 9.17) is 24.7 Å². The van der Waals surface area contributed by atoms with Gasteiger partial charge in [-0.3, -0.25) is 54.8 Å². The van der Waals surface area contributed by atoms with Gasteiger partial charge in [-0.2, -0.15) is 0 Å². The summed E-state index contributed by atoms with van der Waals surface area (Å²) in [6, 6.07) is 22.7. The lowest BCUT2D eigenvalue weighted by atomic mass is 10.2. The van der Waals surface area contributed by atoms with E-state index in [0.29, 0.717) is 22.7 Å². The second-order valence-corrected chi connectivity index (χ2v) is 22.8. The number of benzene rings is 4. The number of rotatable bonds is 21. The average molecular weight is 1180 g/mol. The summed E-state index contributed by atoms with van der Waals surface area (Å²) in [7, 11) is 0. The number of anilines is 4. The predicted molar refractivity (Wildman–Crippen MR) is 314 cm³/mol. The third kappa shape index (κ3) is 25.1. The fourth-order valence-electron chi connectivity index (χ4n) is 6.94. The minimum atomic E-state index is -0.911. The molecule has 4 aromatic rings. The Bertz CT molecular complexity index is 2660. The fraction of sp³-hybridized carbons (Fsp3) is 0.397. The van der Waals surface area contributed by atoms with Crippen molar-refractivity contribution < 1.29 is 71.7 Å². The highest BCUT2D eigenvalue weighted by atomic mass is 16.6. The Morgan fingerprint density at radius 1 is 0.329 bits per heavy atom. The molecule has 0 spiro atoms. The van der Waals surface area contributed by atoms with E-state index in [2.05, 4.69) is 42.5 Å². The lowest BCUT2D eigenvalue weighted by molar-refractivity contribution is -0.144. The number of hydrogen-bond acceptors (Lipinski definition) is 16. The van der Waals surface area contributed by atoms with Crippen molar-refractivity contribution in [2.24, 2.45) is 5.73 Å². The zero-order valence-corrected chi connectivity index (χ0v) is 49.7. The molecule has 0 unspecified atom stereocenters. The molecule has 0 aromatic heterocycles. The Morgan fingerprint density at radius 2 is 0.529 bits per heavy atom. The molecular formula is C58H76N12O15. The minimum Gasteiger partial charge on any atom is -0.444 e. The van der Waals surface area contributed by atoms with Crippen molar-refractivity contribution in [2.75, 3.05) is 67.6 Å². The van der Waals surface area contributed by atoms with Crippen LogP contribution in [0.25, 0.3) is 0 Å². The molecule has 4 rings (SSSR count). The van der Waals surface area contributed by atoms with Gasteiger partial charge in [0.2, 0.25) is 17.7 Å². The van der Waals surface area contributed by atoms with Crippen LogP contribution in [0.2, 0.25) is 0 Å². The summed E-state index contributed by atoms with van der Waals surface area (Å²) in [5.74, 6) is -5.53. The van der Waals surface area contributed by atoms with E-state index >= 15 is 0 Å². The van der Waals surface area contributed by atoms with Crippen molar-refractivity contribution in [3.63, 3.8) is 0 Å². The molecule has 0 heterocycles. The van der Waals surface area contributed by atoms with Crippen molar-refractivity contribution >= 4 is 88.5 Å². The van der Waals surface area contributed by atoms with Crippen molar-refractivity contribution in [2.45, 2.75) is 105 Å². The zero-order valence-electron chi connectivity index (χ0n) is 49.7. The largest absolute Gasteiger partial charge is 0.444 e. The Balaban J connectivity index is 1.57. The van der Waals surface area contributed by atoms with E-state index in [0.717, 1.165) is 14.7 Å². The molecule has 0 saturated heterocycles. The van der Waals surface area contributed by atoms with Crippen LogP contribution < -0.4 is 48.3 Å². The summed E-state index contributed by atoms with van der Waals surface area (Å²) < 4.78 is 21.1. The molecule has 11 amide bonds. The lowest BCUT2D eigenvalue weighted by Crippen LogP contribution is -2.54. The van der Waals surface area contributed by atoms with Gasteiger partial charge in [0.1, 0.15) is 35.5 Å². The Kier molecular flexibility index (Phi) is 23.9. The highest BCUT2D eigenvalue weighted by Gasteiger charge is 2.28. The standard InChI is InChI=1S/C58H76N12O15/c1-55(2,3)82-51(78)64-40-21-13-36(14-22-40)47(74)60-32-69(33-61-48(75)37-15-23-41(24-16-37)65-52(79)83-56(4,5)6)45(72)30-68(44(71)29-59)31-46(73)70(34-62-49(76)38-17-25-42(26-18-38)66-53(80)84-57(7,8)9)35-63-50(77)39-19-27-43(28-20-39)67-54(81)85-58(10,11)12/h13-28H,29-35,59H2,1-12H3,(H,60,74)(H,61,75)(H,62,76)(H,63,77)(H,64,78)(H,65,79)(H,66,80)(H,67,81). The number of nitrogens with two attached hydrogens (primary N) is 1. The van der Waals surface area contributed by atoms with Gasteiger partial charge in [0.05, 0.1) is 33.2 Å². The van der Waals surface area contributed by atoms with Gasteiger partial charge in [0, 0.05) is 45.0 Å². The third-order valence-corrected chi connectivity index (χ3v) is 10.8. The van der Waals surface area contributed by atoms with Crippen molar-refractivity contribution in [1.29, 1.82) is 0 Å². The number of nitrogens with zero attached hydrogens (tertiary/aromatic N) is 3. The first kappa shape index (κ1) is 67.7. The number of nitrogens with one attached hydrogen (secondary N) is 8. The first-order valence-corrected chi connectivity index (χ1v) is 26.6. The lowest BCUT2D eigenvalue weighted by Gasteiger charge is -2.30. The molecule has 0 aliphatic carbocycles. The summed E-state index contributed by atoms with van der Waals surface area (Å²) in [5.41, 5.74) is 4.31. The number of carbonyl (C=O) groups is 11. The second kappa shape index (κ2) is 30.0. The van der Waals surface area contributed by atoms with Gasteiger partial charge in [0.15, 0.2) is 0 Å². The van der Waals surface area contributed by atoms with Gasteiger partial charge >= 0.3 is 24.4 Å². The van der Waals surface area contributed by atoms with Crippen LogP contribution in [0.3, 0.4) is 0 Å². The third-order valence-electron chi connectivity index (χ3n) is 10.8. The predicted octanol–water partition coefficient (Wildman–Crippen LogP) is 6.37. The van der Waals surface area contributed by atoms with Crippen LogP contribution in [0.1, 0.15) is 125 Å². The molecule has 27 heteroatoms. The topological polar surface area (TPSA) is 357 Å². The Labute approximate surface area is 492 Å². The van der Waals surface area contributed by atoms with Gasteiger partial charge in [-0.05, 0) is 180 Å². The van der Waals surface area contributed by atoms with Crippen LogP contribution in [0.15, 0.2) is 97.1 Å². The molecule has 4 aromatic carbocycles. The van der Waals surface area contributed by atoms with Crippen molar-refractivity contribution in [3.05, 3.63) is 119 Å². The van der Waals surface area contributed by atoms with Gasteiger partial charge in [-0.25, -0.2) is 19.2 Å². The summed E-state index contributed by atoms with van der Waals surface area (Å²) in [5, 5.41) is 20.6. The number of hydrogen-bond donors (Lipinski definition) is 9. The molecule has 0 atom stereocenters. The number of carbonyl (C=O) groups excluding carboxylic acids is 11. The van der Waals surface area contributed by atoms with E-state index in [9.17, 15) is 52.7 Å². The molecule has 0 aliphatic heterocycles. The molecule has 0 aliphatic rings. The van der Waals surface area contributed by atoms with Crippen LogP contribution in [0.5, 0.6) is 0 Å². The van der Waals surface area contributed by atoms with Crippen LogP contribution in [0.4, 0.5) is 41.9 Å². The second-order valence-electron chi connectivity index (χ2n) is 22.8. The molecule has 0 fully saturated rings. The molecular weight excluding hydrogens is 1100 g/mol. The maximum absolute atomic E-state index is 14.3. The minimum absolute atomic E-state index is 0.0931. The van der Waals surface area contributed by atoms with Gasteiger partial charge in [-0.15, -0.1) is 0 Å². The van der Waals surface area contributed by atoms with Crippen LogP contribution in [-0.2, 0) is 33.3 Å². The van der Waals surface area contributed by atoms with Crippen LogP contribution >= 0.6 is 0 Å². The monoisotopic (exact) mass is 1180 g/mol. The average Bonchev–Trinajstić information content (AvgIpc) is 3.39. The van der Waals surface area contributed by atoms with E-state index in [1.807, 2.05) is 0 Å². The number of amides is 11. The van der Waals surface area contributed by atoms with Gasteiger partial charge < -0.3 is 60.6 Å². The smallest absolute Gasteiger partial charge is 0.412 e. The van der Waals surface area contributed by atoms with E-state index in [1.54, 1.807) is 83.1 Å². The molecule has 27 nitrogen and oxygen atoms in total. The summed E-state index contributed by atoms with van der Waals surface area (Å²) in [6.07, 6.45) is -2.91. The number of ether oxygens (including phenoxy) is 4. The first-order valence-electron chi connectivity index (χ1n) is 26.6. The fourth-order valence-corrected chi connectivity index (χ4v) is 6.94. The van der Waals surface area contributed by atoms with E-state index < -0.39 is 134 Å². The SMILES string of the molecule is CC(C)(C)OC(=O)Nc1ccc(C(=O)NCN(CNC(=O)c2ccc(NC(=O)OC(C)(C)C)cc2)C(=O)CN(CC(=O)N(CNC(=O)c2ccc(NC(=O)OC(C)(C)C)cc2)CNC(=O)c2ccc(NC(=O)OC(C)(C)C)cc2)C(=O)CN)cc1. The quantitative estimate of drug-likeness (QED) is 0.0323. The highest BCUT2D eigenvalue weighted by molar-refractivity contribution is 5.99. The zero-order chi connectivity index (χ0) is 63.5. The Morgan fingerprint density at radius 3 is 0.706 bits per heavy atom. The molecule has 0 bridgehead atoms. The van der Waals surface area contributed by atoms with Crippen LogP contribution in [0, 0.1) is 0 Å². The maximum atomic E-state index is 14.3. The van der Waals surface area contributed by atoms with Gasteiger partial charge in [0.25, 0.3) is 23.6 Å². The van der Waals surface area contributed by atoms with Crippen molar-refractivity contribution in [1.82, 2.24) is 36.0 Å². The summed E-state index contributed by atoms with van der Waals surface area (Å²) in [6.45, 7) is 15.6. The summed E-state index contributed by atoms with van der Waals surface area (Å²) >= 11 is 0. The van der Waals surface area contributed by atoms with E-state index in [1.165, 1.54) is 97.1 Å². The normalized spacial score (nSPS) is 11.3. The van der Waals surface area contributed by atoms with Crippen LogP contribution in [-0.4, -0.2) is 149 Å². The van der Waals surface area contributed by atoms with Gasteiger partial charge in [-0.1, -0.05) is 0 Å². The molecule has 0 radical (unpaired) electrons. The van der Waals surface area contributed by atoms with E-state index in [-0.39, 0.29) is 22.3 Å². The molecule has 458 valence electrons.